The molecule has 0 bridgehead atoms. The first-order valence-corrected chi connectivity index (χ1v) is 5.96. The van der Waals surface area contributed by atoms with Gasteiger partial charge in [-0.3, -0.25) is 0 Å². The lowest BCUT2D eigenvalue weighted by Crippen LogP contribution is -2.25. The number of nitrogens with one attached hydrogen (secondary N) is 1. The van der Waals surface area contributed by atoms with Gasteiger partial charge in [0.05, 0.1) is 0 Å². The maximum absolute atomic E-state index is 13.5. The minimum absolute atomic E-state index is 0.0447. The molecule has 3 N–H and O–H groups in total. The van der Waals surface area contributed by atoms with E-state index in [1.165, 1.54) is 12.8 Å². The lowest BCUT2D eigenvalue weighted by Gasteiger charge is -2.21. The van der Waals surface area contributed by atoms with Crippen LogP contribution < -0.4 is 11.1 Å². The Bertz CT molecular complexity index is 403. The van der Waals surface area contributed by atoms with Gasteiger partial charge in [-0.1, -0.05) is 12.8 Å². The zero-order valence-electron chi connectivity index (χ0n) is 9.84. The van der Waals surface area contributed by atoms with Gasteiger partial charge in [0.2, 0.25) is 0 Å². The molecule has 1 aromatic heterocycles. The third-order valence-corrected chi connectivity index (χ3v) is 3.43. The predicted molar refractivity (Wildman–Crippen MR) is 63.6 cm³/mol. The summed E-state index contributed by atoms with van der Waals surface area (Å²) < 4.78 is 26.4. The van der Waals surface area contributed by atoms with E-state index in [0.29, 0.717) is 5.92 Å². The van der Waals surface area contributed by atoms with Gasteiger partial charge in [0.1, 0.15) is 0 Å². The molecule has 5 heteroatoms. The van der Waals surface area contributed by atoms with Crippen LogP contribution in [0.25, 0.3) is 0 Å². The van der Waals surface area contributed by atoms with Gasteiger partial charge in [-0.05, 0) is 25.7 Å². The summed E-state index contributed by atoms with van der Waals surface area (Å²) in [6, 6.07) is 0.899. The quantitative estimate of drug-likeness (QED) is 0.855. The number of aromatic nitrogens is 1. The largest absolute Gasteiger partial charge is 0.381 e. The molecule has 1 atom stereocenters. The number of anilines is 2. The summed E-state index contributed by atoms with van der Waals surface area (Å²) in [6.07, 6.45) is 4.73. The smallest absolute Gasteiger partial charge is 0.168 e. The van der Waals surface area contributed by atoms with E-state index >= 15 is 0 Å². The van der Waals surface area contributed by atoms with Gasteiger partial charge in [-0.2, -0.15) is 0 Å². The molecule has 1 aromatic rings. The predicted octanol–water partition coefficient (Wildman–Crippen LogP) is 2.93. The minimum atomic E-state index is -0.818. The fraction of sp³-hybridized carbons (Fsp3) is 0.583. The van der Waals surface area contributed by atoms with E-state index in [9.17, 15) is 8.78 Å². The highest BCUT2D eigenvalue weighted by Gasteiger charge is 2.22. The second-order valence-electron chi connectivity index (χ2n) is 4.66. The van der Waals surface area contributed by atoms with Gasteiger partial charge in [0.25, 0.3) is 0 Å². The lowest BCUT2D eigenvalue weighted by atomic mass is 10.00. The van der Waals surface area contributed by atoms with Crippen LogP contribution in [0.3, 0.4) is 0 Å². The summed E-state index contributed by atoms with van der Waals surface area (Å²) in [4.78, 5) is 3.70. The molecule has 3 nitrogen and oxygen atoms in total. The van der Waals surface area contributed by atoms with Crippen LogP contribution in [0.2, 0.25) is 0 Å². The van der Waals surface area contributed by atoms with E-state index in [0.717, 1.165) is 18.9 Å². The standard InChI is InChI=1S/C12H17F2N3/c1-7(8-4-2-3-5-8)16-12-10(14)6-9(13)11(15)17-12/h6-8H,2-5H2,1H3,(H3,15,16,17). The molecule has 94 valence electrons. The van der Waals surface area contributed by atoms with Crippen LogP contribution in [-0.4, -0.2) is 11.0 Å². The molecular weight excluding hydrogens is 224 g/mol. The van der Waals surface area contributed by atoms with Crippen molar-refractivity contribution in [2.24, 2.45) is 5.92 Å². The molecule has 1 saturated carbocycles. The summed E-state index contributed by atoms with van der Waals surface area (Å²) in [6.45, 7) is 2.00. The van der Waals surface area contributed by atoms with Crippen molar-refractivity contribution in [2.75, 3.05) is 11.1 Å². The number of hydrogen-bond acceptors (Lipinski definition) is 3. The van der Waals surface area contributed by atoms with E-state index in [1.54, 1.807) is 0 Å². The highest BCUT2D eigenvalue weighted by atomic mass is 19.1. The maximum Gasteiger partial charge on any atom is 0.168 e. The first-order chi connectivity index (χ1) is 8.08. The molecule has 17 heavy (non-hydrogen) atoms. The summed E-state index contributed by atoms with van der Waals surface area (Å²) in [5.41, 5.74) is 5.33. The Morgan fingerprint density at radius 1 is 1.35 bits per heavy atom. The second kappa shape index (κ2) is 4.85. The van der Waals surface area contributed by atoms with Gasteiger partial charge < -0.3 is 11.1 Å². The Labute approximate surface area is 99.4 Å². The Balaban J connectivity index is 2.09. The third kappa shape index (κ3) is 2.65. The first kappa shape index (κ1) is 12.1. The van der Waals surface area contributed by atoms with Gasteiger partial charge in [0, 0.05) is 12.1 Å². The Kier molecular flexibility index (Phi) is 3.45. The summed E-state index contributed by atoms with van der Waals surface area (Å²) in [5.74, 6) is -1.21. The average molecular weight is 241 g/mol. The Morgan fingerprint density at radius 2 is 2.00 bits per heavy atom. The molecule has 0 aromatic carbocycles. The van der Waals surface area contributed by atoms with E-state index in [2.05, 4.69) is 10.3 Å². The van der Waals surface area contributed by atoms with Crippen molar-refractivity contribution >= 4 is 11.6 Å². The first-order valence-electron chi connectivity index (χ1n) is 5.96. The highest BCUT2D eigenvalue weighted by Crippen LogP contribution is 2.29. The maximum atomic E-state index is 13.5. The fourth-order valence-corrected chi connectivity index (χ4v) is 2.37. The van der Waals surface area contributed by atoms with Crippen LogP contribution in [0.1, 0.15) is 32.6 Å². The lowest BCUT2D eigenvalue weighted by molar-refractivity contribution is 0.477. The van der Waals surface area contributed by atoms with Crippen molar-refractivity contribution in [2.45, 2.75) is 38.6 Å². The molecule has 0 aliphatic heterocycles. The van der Waals surface area contributed by atoms with Crippen molar-refractivity contribution in [3.8, 4) is 0 Å². The molecule has 1 aliphatic rings. The van der Waals surface area contributed by atoms with Crippen molar-refractivity contribution in [1.82, 2.24) is 4.98 Å². The van der Waals surface area contributed by atoms with E-state index < -0.39 is 11.6 Å². The molecule has 0 saturated heterocycles. The zero-order valence-corrected chi connectivity index (χ0v) is 9.84. The van der Waals surface area contributed by atoms with Crippen LogP contribution in [0.15, 0.2) is 6.07 Å². The number of pyridine rings is 1. The molecule has 1 aliphatic carbocycles. The number of nitrogens with two attached hydrogens (primary N) is 1. The van der Waals surface area contributed by atoms with Crippen molar-refractivity contribution in [3.05, 3.63) is 17.7 Å². The van der Waals surface area contributed by atoms with Crippen molar-refractivity contribution in [1.29, 1.82) is 0 Å². The van der Waals surface area contributed by atoms with E-state index in [1.807, 2.05) is 6.92 Å². The Hall–Kier alpha value is -1.39. The van der Waals surface area contributed by atoms with Gasteiger partial charge in [-0.15, -0.1) is 0 Å². The summed E-state index contributed by atoms with van der Waals surface area (Å²) >= 11 is 0. The number of hydrogen-bond donors (Lipinski definition) is 2. The Morgan fingerprint density at radius 3 is 2.65 bits per heavy atom. The molecule has 0 radical (unpaired) electrons. The normalized spacial score (nSPS) is 18.3. The second-order valence-corrected chi connectivity index (χ2v) is 4.66. The average Bonchev–Trinajstić information content (AvgIpc) is 2.79. The molecule has 1 fully saturated rings. The van der Waals surface area contributed by atoms with Crippen LogP contribution in [0, 0.1) is 17.6 Å². The zero-order chi connectivity index (χ0) is 12.4. The monoisotopic (exact) mass is 241 g/mol. The fourth-order valence-electron chi connectivity index (χ4n) is 2.37. The van der Waals surface area contributed by atoms with Crippen molar-refractivity contribution in [3.63, 3.8) is 0 Å². The number of halogens is 2. The van der Waals surface area contributed by atoms with Crippen LogP contribution in [0.4, 0.5) is 20.4 Å². The summed E-state index contributed by atoms with van der Waals surface area (Å²) in [7, 11) is 0. The van der Waals surface area contributed by atoms with Crippen molar-refractivity contribution < 1.29 is 8.78 Å². The molecule has 0 amide bonds. The number of rotatable bonds is 3. The van der Waals surface area contributed by atoms with Gasteiger partial charge >= 0.3 is 0 Å². The SMILES string of the molecule is CC(Nc1nc(N)c(F)cc1F)C1CCCC1. The van der Waals surface area contributed by atoms with Gasteiger partial charge in [0.15, 0.2) is 23.3 Å². The topological polar surface area (TPSA) is 50.9 Å². The number of nitrogen functional groups attached to an aromatic ring is 1. The third-order valence-electron chi connectivity index (χ3n) is 3.43. The van der Waals surface area contributed by atoms with E-state index in [4.69, 9.17) is 5.73 Å². The highest BCUT2D eigenvalue weighted by molar-refractivity contribution is 5.45. The van der Waals surface area contributed by atoms with Gasteiger partial charge in [-0.25, -0.2) is 13.8 Å². The molecule has 0 spiro atoms. The van der Waals surface area contributed by atoms with Crippen LogP contribution >= 0.6 is 0 Å². The molecular formula is C12H17F2N3. The minimum Gasteiger partial charge on any atom is -0.381 e. The number of nitrogens with zero attached hydrogens (tertiary/aromatic N) is 1. The van der Waals surface area contributed by atoms with Crippen LogP contribution in [0.5, 0.6) is 0 Å². The summed E-state index contributed by atoms with van der Waals surface area (Å²) in [5, 5.41) is 2.99. The molecule has 1 heterocycles. The van der Waals surface area contributed by atoms with E-state index in [-0.39, 0.29) is 17.7 Å². The molecule has 1 unspecified atom stereocenters. The van der Waals surface area contributed by atoms with Crippen LogP contribution in [-0.2, 0) is 0 Å². The molecule has 2 rings (SSSR count).